The molecule has 0 fully saturated rings. The zero-order valence-corrected chi connectivity index (χ0v) is 17.5. The van der Waals surface area contributed by atoms with Crippen molar-refractivity contribution in [1.82, 2.24) is 0 Å². The number of fused-ring (bicyclic) bond motifs is 3. The number of carbonyl (C=O) groups excluding carboxylic acids is 4. The van der Waals surface area contributed by atoms with Crippen molar-refractivity contribution in [3.8, 4) is 5.75 Å². The fourth-order valence-corrected chi connectivity index (χ4v) is 5.16. The van der Waals surface area contributed by atoms with Crippen molar-refractivity contribution >= 4 is 23.3 Å². The lowest BCUT2D eigenvalue weighted by Gasteiger charge is -2.45. The van der Waals surface area contributed by atoms with Crippen LogP contribution in [0.15, 0.2) is 34.8 Å². The monoisotopic (exact) mass is 441 g/mol. The summed E-state index contributed by atoms with van der Waals surface area (Å²) in [6.45, 7) is 3.42. The molecule has 3 atom stereocenters. The molecular formula is C23H23NO8. The molecule has 0 spiro atoms. The minimum absolute atomic E-state index is 0.0217. The fraction of sp³-hybridized carbons (Fsp3) is 0.391. The highest BCUT2D eigenvalue weighted by atomic mass is 16.3. The molecule has 0 saturated heterocycles. The van der Waals surface area contributed by atoms with E-state index in [1.54, 1.807) is 13.8 Å². The van der Waals surface area contributed by atoms with Gasteiger partial charge in [-0.2, -0.15) is 0 Å². The number of ketones is 3. The molecule has 1 aromatic carbocycles. The molecule has 0 saturated carbocycles. The molecule has 168 valence electrons. The third kappa shape index (κ3) is 2.74. The number of rotatable bonds is 3. The molecule has 0 aromatic heterocycles. The number of aromatic hydroxyl groups is 1. The lowest BCUT2D eigenvalue weighted by atomic mass is 9.60. The Balaban J connectivity index is 1.91. The summed E-state index contributed by atoms with van der Waals surface area (Å²) in [6, 6.07) is 2.68. The van der Waals surface area contributed by atoms with Crippen LogP contribution in [0.4, 0.5) is 0 Å². The molecule has 0 aliphatic heterocycles. The van der Waals surface area contributed by atoms with Gasteiger partial charge in [0.1, 0.15) is 22.8 Å². The van der Waals surface area contributed by atoms with Crippen LogP contribution in [0.3, 0.4) is 0 Å². The highest BCUT2D eigenvalue weighted by Gasteiger charge is 2.59. The summed E-state index contributed by atoms with van der Waals surface area (Å²) in [7, 11) is 0. The molecule has 1 amide bonds. The highest BCUT2D eigenvalue weighted by Crippen LogP contribution is 2.51. The van der Waals surface area contributed by atoms with Crippen molar-refractivity contribution in [1.29, 1.82) is 0 Å². The van der Waals surface area contributed by atoms with Crippen molar-refractivity contribution < 1.29 is 39.6 Å². The number of allylic oxidation sites excluding steroid dienone is 2. The number of phenolic OH excluding ortho intramolecular Hbond substituents is 1. The fourth-order valence-electron chi connectivity index (χ4n) is 5.16. The molecular weight excluding hydrogens is 418 g/mol. The molecule has 1 unspecified atom stereocenters. The predicted molar refractivity (Wildman–Crippen MR) is 110 cm³/mol. The zero-order chi connectivity index (χ0) is 23.7. The zero-order valence-electron chi connectivity index (χ0n) is 17.5. The van der Waals surface area contributed by atoms with Gasteiger partial charge < -0.3 is 26.2 Å². The van der Waals surface area contributed by atoms with E-state index in [2.05, 4.69) is 0 Å². The van der Waals surface area contributed by atoms with E-state index in [1.165, 1.54) is 12.1 Å². The van der Waals surface area contributed by atoms with Gasteiger partial charge in [-0.25, -0.2) is 0 Å². The maximum Gasteiger partial charge on any atom is 0.255 e. The second kappa shape index (κ2) is 7.03. The van der Waals surface area contributed by atoms with Crippen LogP contribution in [-0.4, -0.2) is 49.3 Å². The van der Waals surface area contributed by atoms with E-state index >= 15 is 0 Å². The third-order valence-corrected chi connectivity index (χ3v) is 6.74. The van der Waals surface area contributed by atoms with Crippen LogP contribution >= 0.6 is 0 Å². The van der Waals surface area contributed by atoms with Gasteiger partial charge >= 0.3 is 0 Å². The Hall–Kier alpha value is -3.46. The van der Waals surface area contributed by atoms with Gasteiger partial charge in [0.2, 0.25) is 5.78 Å². The van der Waals surface area contributed by atoms with Crippen LogP contribution in [-0.2, 0) is 16.0 Å². The Morgan fingerprint density at radius 2 is 1.78 bits per heavy atom. The number of phenols is 1. The first kappa shape index (κ1) is 21.8. The molecule has 0 radical (unpaired) electrons. The van der Waals surface area contributed by atoms with Crippen LogP contribution in [0.2, 0.25) is 0 Å². The number of Topliss-reactive ketones (excluding diaryl/α,β-unsaturated/α-hetero) is 3. The quantitative estimate of drug-likeness (QED) is 0.345. The van der Waals surface area contributed by atoms with E-state index in [4.69, 9.17) is 5.73 Å². The molecule has 0 heterocycles. The van der Waals surface area contributed by atoms with Crippen LogP contribution in [0.25, 0.3) is 0 Å². The Labute approximate surface area is 182 Å². The van der Waals surface area contributed by atoms with Gasteiger partial charge in [0.05, 0.1) is 5.56 Å². The summed E-state index contributed by atoms with van der Waals surface area (Å²) >= 11 is 0. The second-order valence-corrected chi connectivity index (χ2v) is 8.92. The van der Waals surface area contributed by atoms with Gasteiger partial charge in [-0.05, 0) is 36.5 Å². The number of amides is 1. The van der Waals surface area contributed by atoms with E-state index in [0.717, 1.165) is 0 Å². The van der Waals surface area contributed by atoms with Crippen molar-refractivity contribution in [3.63, 3.8) is 0 Å². The lowest BCUT2D eigenvalue weighted by molar-refractivity contribution is -0.144. The molecule has 3 aliphatic carbocycles. The van der Waals surface area contributed by atoms with Gasteiger partial charge in [-0.1, -0.05) is 13.8 Å². The summed E-state index contributed by atoms with van der Waals surface area (Å²) in [5.41, 5.74) is 1.98. The molecule has 0 bridgehead atoms. The Morgan fingerprint density at radius 1 is 1.12 bits per heavy atom. The summed E-state index contributed by atoms with van der Waals surface area (Å²) in [6.07, 6.45) is -0.169. The Morgan fingerprint density at radius 3 is 2.38 bits per heavy atom. The first-order chi connectivity index (χ1) is 14.9. The summed E-state index contributed by atoms with van der Waals surface area (Å²) in [4.78, 5) is 50.6. The van der Waals surface area contributed by atoms with E-state index in [9.17, 15) is 39.6 Å². The van der Waals surface area contributed by atoms with Crippen molar-refractivity contribution in [2.24, 2.45) is 23.5 Å². The molecule has 32 heavy (non-hydrogen) atoms. The molecule has 9 heteroatoms. The number of hydrogen-bond donors (Lipinski definition) is 5. The first-order valence-electron chi connectivity index (χ1n) is 10.3. The van der Waals surface area contributed by atoms with E-state index in [0.29, 0.717) is 11.1 Å². The van der Waals surface area contributed by atoms with Crippen LogP contribution < -0.4 is 5.73 Å². The molecule has 3 aliphatic rings. The van der Waals surface area contributed by atoms with E-state index in [-0.39, 0.29) is 47.8 Å². The summed E-state index contributed by atoms with van der Waals surface area (Å²) in [5.74, 6) is -7.45. The van der Waals surface area contributed by atoms with Crippen molar-refractivity contribution in [3.05, 3.63) is 51.5 Å². The molecule has 4 rings (SSSR count). The molecule has 6 N–H and O–H groups in total. The number of nitrogens with two attached hydrogens (primary N) is 1. The number of primary amides is 1. The maximum atomic E-state index is 13.4. The number of hydrogen-bond acceptors (Lipinski definition) is 8. The number of aliphatic hydroxyl groups excluding tert-OH is 2. The number of carbonyl (C=O) groups is 4. The average Bonchev–Trinajstić information content (AvgIpc) is 2.70. The second-order valence-electron chi connectivity index (χ2n) is 8.92. The van der Waals surface area contributed by atoms with Gasteiger partial charge in [0.15, 0.2) is 17.2 Å². The average molecular weight is 441 g/mol. The van der Waals surface area contributed by atoms with E-state index in [1.807, 2.05) is 0 Å². The SMILES string of the molecule is CC(C)C(=O)c1ccc(O)c2c1C[C@H]1C[C@H]3CC(O)=C(C(N)=O)C(=O)C3(O)C(O)=C1C2=O. The van der Waals surface area contributed by atoms with Crippen molar-refractivity contribution in [2.75, 3.05) is 0 Å². The topological polar surface area (TPSA) is 175 Å². The van der Waals surface area contributed by atoms with Crippen LogP contribution in [0.1, 0.15) is 53.0 Å². The normalized spacial score (nSPS) is 27.2. The third-order valence-electron chi connectivity index (χ3n) is 6.74. The minimum Gasteiger partial charge on any atom is -0.511 e. The van der Waals surface area contributed by atoms with Gasteiger partial charge in [-0.3, -0.25) is 19.2 Å². The van der Waals surface area contributed by atoms with Crippen LogP contribution in [0.5, 0.6) is 5.75 Å². The Bertz CT molecular complexity index is 1170. The lowest BCUT2D eigenvalue weighted by Crippen LogP contribution is -2.57. The highest BCUT2D eigenvalue weighted by molar-refractivity contribution is 6.24. The Kier molecular flexibility index (Phi) is 4.78. The van der Waals surface area contributed by atoms with Gasteiger partial charge in [-0.15, -0.1) is 0 Å². The standard InChI is InChI=1S/C23H23NO8/c1-8(2)18(27)11-3-4-13(25)16-12(11)6-9-5-10-7-14(26)17(22(24)31)21(30)23(10,32)20(29)15(9)19(16)28/h3-4,8-10,25-26,29,32H,5-7H2,1-2H3,(H2,24,31)/t9-,10+,23?/m1/s1. The molecule has 1 aromatic rings. The maximum absolute atomic E-state index is 13.4. The van der Waals surface area contributed by atoms with Crippen LogP contribution in [0, 0.1) is 17.8 Å². The summed E-state index contributed by atoms with van der Waals surface area (Å²) < 4.78 is 0. The minimum atomic E-state index is -2.60. The van der Waals surface area contributed by atoms with Gasteiger partial charge in [0.25, 0.3) is 5.91 Å². The van der Waals surface area contributed by atoms with E-state index < -0.39 is 52.0 Å². The summed E-state index contributed by atoms with van der Waals surface area (Å²) in [5, 5.41) is 42.7. The first-order valence-corrected chi connectivity index (χ1v) is 10.3. The largest absolute Gasteiger partial charge is 0.511 e. The number of aliphatic hydroxyl groups is 3. The van der Waals surface area contributed by atoms with Crippen molar-refractivity contribution in [2.45, 2.75) is 38.7 Å². The van der Waals surface area contributed by atoms with Gasteiger partial charge in [0, 0.05) is 29.4 Å². The smallest absolute Gasteiger partial charge is 0.255 e. The number of benzene rings is 1. The molecule has 9 nitrogen and oxygen atoms in total. The predicted octanol–water partition coefficient (Wildman–Crippen LogP) is 1.42.